The highest BCUT2D eigenvalue weighted by Gasteiger charge is 2.13. The molecule has 0 spiro atoms. The van der Waals surface area contributed by atoms with Crippen LogP contribution in [0.25, 0.3) is 0 Å². The summed E-state index contributed by atoms with van der Waals surface area (Å²) < 4.78 is 0. The molecule has 110 valence electrons. The molecule has 2 N–H and O–H groups in total. The van der Waals surface area contributed by atoms with Crippen LogP contribution in [0.15, 0.2) is 18.2 Å². The van der Waals surface area contributed by atoms with Gasteiger partial charge in [-0.2, -0.15) is 0 Å². The quantitative estimate of drug-likeness (QED) is 0.789. The second kappa shape index (κ2) is 8.12. The van der Waals surface area contributed by atoms with Gasteiger partial charge in [0.25, 0.3) is 0 Å². The summed E-state index contributed by atoms with van der Waals surface area (Å²) in [4.78, 5) is 23.3. The molecule has 1 aromatic carbocycles. The number of benzene rings is 1. The molecule has 0 aromatic heterocycles. The lowest BCUT2D eigenvalue weighted by Gasteiger charge is -2.10. The van der Waals surface area contributed by atoms with E-state index in [-0.39, 0.29) is 12.3 Å². The van der Waals surface area contributed by atoms with Crippen molar-refractivity contribution in [2.45, 2.75) is 26.7 Å². The fourth-order valence-corrected chi connectivity index (χ4v) is 2.00. The van der Waals surface area contributed by atoms with Crippen molar-refractivity contribution in [3.05, 3.63) is 28.2 Å². The van der Waals surface area contributed by atoms with Crippen LogP contribution in [0.3, 0.4) is 0 Å². The largest absolute Gasteiger partial charge is 0.356 e. The van der Waals surface area contributed by atoms with Crippen LogP contribution in [0.5, 0.6) is 0 Å². The molecule has 0 fully saturated rings. The van der Waals surface area contributed by atoms with Crippen molar-refractivity contribution < 1.29 is 9.59 Å². The predicted molar refractivity (Wildman–Crippen MR) is 82.2 cm³/mol. The minimum absolute atomic E-state index is 0.250. The predicted octanol–water partition coefficient (Wildman–Crippen LogP) is 3.48. The first-order valence-corrected chi connectivity index (χ1v) is 7.16. The Balaban J connectivity index is 2.45. The third kappa shape index (κ3) is 5.80. The molecule has 0 saturated heterocycles. The summed E-state index contributed by atoms with van der Waals surface area (Å²) in [7, 11) is 0. The number of nitrogens with one attached hydrogen (secondary N) is 2. The van der Waals surface area contributed by atoms with Gasteiger partial charge in [-0.05, 0) is 24.5 Å². The lowest BCUT2D eigenvalue weighted by Crippen LogP contribution is -2.29. The summed E-state index contributed by atoms with van der Waals surface area (Å²) in [5.41, 5.74) is 0.329. The summed E-state index contributed by atoms with van der Waals surface area (Å²) in [5.74, 6) is -0.251. The number of hydrogen-bond donors (Lipinski definition) is 2. The van der Waals surface area contributed by atoms with Gasteiger partial charge in [0, 0.05) is 6.54 Å². The van der Waals surface area contributed by atoms with Crippen molar-refractivity contribution >= 4 is 40.7 Å². The van der Waals surface area contributed by atoms with E-state index < -0.39 is 5.91 Å². The summed E-state index contributed by atoms with van der Waals surface area (Å²) in [6.07, 6.45) is 0.628. The molecular formula is C14H18Cl2N2O2. The first-order chi connectivity index (χ1) is 9.40. The molecule has 0 radical (unpaired) electrons. The van der Waals surface area contributed by atoms with Crippen molar-refractivity contribution in [2.75, 3.05) is 11.9 Å². The number of para-hydroxylation sites is 1. The molecule has 0 atom stereocenters. The minimum Gasteiger partial charge on any atom is -0.356 e. The monoisotopic (exact) mass is 316 g/mol. The van der Waals surface area contributed by atoms with E-state index in [4.69, 9.17) is 23.2 Å². The summed E-state index contributed by atoms with van der Waals surface area (Å²) in [5, 5.41) is 5.92. The highest BCUT2D eigenvalue weighted by molar-refractivity contribution is 6.39. The van der Waals surface area contributed by atoms with Crippen molar-refractivity contribution in [3.8, 4) is 0 Å². The summed E-state index contributed by atoms with van der Waals surface area (Å²) >= 11 is 11.9. The fraction of sp³-hybridized carbons (Fsp3) is 0.429. The summed E-state index contributed by atoms with van der Waals surface area (Å²) in [6, 6.07) is 4.91. The maximum Gasteiger partial charge on any atom is 0.233 e. The Bertz CT molecular complexity index is 470. The van der Waals surface area contributed by atoms with Crippen molar-refractivity contribution in [3.63, 3.8) is 0 Å². The van der Waals surface area contributed by atoms with Gasteiger partial charge < -0.3 is 10.6 Å². The molecule has 0 heterocycles. The van der Waals surface area contributed by atoms with E-state index in [2.05, 4.69) is 24.5 Å². The van der Waals surface area contributed by atoms with E-state index in [1.165, 1.54) is 0 Å². The molecule has 2 amide bonds. The van der Waals surface area contributed by atoms with Gasteiger partial charge in [0.1, 0.15) is 6.42 Å². The van der Waals surface area contributed by atoms with E-state index in [0.717, 1.165) is 6.42 Å². The lowest BCUT2D eigenvalue weighted by atomic mass is 10.1. The normalized spacial score (nSPS) is 10.4. The Kier molecular flexibility index (Phi) is 6.82. The SMILES string of the molecule is CC(C)CCNC(=O)CC(=O)Nc1c(Cl)cccc1Cl. The van der Waals surface area contributed by atoms with Crippen LogP contribution >= 0.6 is 23.2 Å². The smallest absolute Gasteiger partial charge is 0.233 e. The lowest BCUT2D eigenvalue weighted by molar-refractivity contribution is -0.126. The zero-order valence-corrected chi connectivity index (χ0v) is 13.0. The first-order valence-electron chi connectivity index (χ1n) is 6.40. The molecule has 4 nitrogen and oxygen atoms in total. The molecule has 0 aliphatic heterocycles. The van der Waals surface area contributed by atoms with E-state index >= 15 is 0 Å². The Morgan fingerprint density at radius 1 is 1.15 bits per heavy atom. The Labute approximate surface area is 128 Å². The number of carbonyl (C=O) groups excluding carboxylic acids is 2. The number of anilines is 1. The van der Waals surface area contributed by atoms with Crippen molar-refractivity contribution in [2.24, 2.45) is 5.92 Å². The third-order valence-electron chi connectivity index (χ3n) is 2.59. The third-order valence-corrected chi connectivity index (χ3v) is 3.22. The molecule has 6 heteroatoms. The maximum absolute atomic E-state index is 11.7. The van der Waals surface area contributed by atoms with Gasteiger partial charge in [-0.3, -0.25) is 9.59 Å². The molecule has 1 aromatic rings. The van der Waals surface area contributed by atoms with Gasteiger partial charge in [0.15, 0.2) is 0 Å². The van der Waals surface area contributed by atoms with Gasteiger partial charge in [-0.1, -0.05) is 43.1 Å². The number of rotatable bonds is 6. The second-order valence-corrected chi connectivity index (χ2v) is 5.67. The molecular weight excluding hydrogens is 299 g/mol. The highest BCUT2D eigenvalue weighted by Crippen LogP contribution is 2.29. The topological polar surface area (TPSA) is 58.2 Å². The zero-order valence-electron chi connectivity index (χ0n) is 11.5. The molecule has 0 aliphatic rings. The van der Waals surface area contributed by atoms with E-state index in [9.17, 15) is 9.59 Å². The average molecular weight is 317 g/mol. The van der Waals surface area contributed by atoms with Crippen LogP contribution in [-0.4, -0.2) is 18.4 Å². The van der Waals surface area contributed by atoms with E-state index in [1.807, 2.05) is 0 Å². The number of amides is 2. The number of halogens is 2. The Morgan fingerprint density at radius 2 is 1.75 bits per heavy atom. The average Bonchev–Trinajstić information content (AvgIpc) is 2.33. The number of carbonyl (C=O) groups is 2. The molecule has 20 heavy (non-hydrogen) atoms. The van der Waals surface area contributed by atoms with E-state index in [0.29, 0.717) is 28.2 Å². The van der Waals surface area contributed by atoms with Crippen LogP contribution in [-0.2, 0) is 9.59 Å². The van der Waals surface area contributed by atoms with E-state index in [1.54, 1.807) is 18.2 Å². The second-order valence-electron chi connectivity index (χ2n) is 4.85. The van der Waals surface area contributed by atoms with Crippen LogP contribution in [0.2, 0.25) is 10.0 Å². The zero-order chi connectivity index (χ0) is 15.1. The highest BCUT2D eigenvalue weighted by atomic mass is 35.5. The van der Waals surface area contributed by atoms with Gasteiger partial charge in [0.05, 0.1) is 15.7 Å². The van der Waals surface area contributed by atoms with Gasteiger partial charge >= 0.3 is 0 Å². The fourth-order valence-electron chi connectivity index (χ4n) is 1.51. The summed E-state index contributed by atoms with van der Waals surface area (Å²) in [6.45, 7) is 4.70. The van der Waals surface area contributed by atoms with Crippen LogP contribution in [0, 0.1) is 5.92 Å². The maximum atomic E-state index is 11.7. The van der Waals surface area contributed by atoms with Crippen LogP contribution < -0.4 is 10.6 Å². The number of hydrogen-bond acceptors (Lipinski definition) is 2. The molecule has 0 saturated carbocycles. The van der Waals surface area contributed by atoms with Crippen LogP contribution in [0.1, 0.15) is 26.7 Å². The standard InChI is InChI=1S/C14H18Cl2N2O2/c1-9(2)6-7-17-12(19)8-13(20)18-14-10(15)4-3-5-11(14)16/h3-5,9H,6-8H2,1-2H3,(H,17,19)(H,18,20). The van der Waals surface area contributed by atoms with Gasteiger partial charge in [0.2, 0.25) is 11.8 Å². The molecule has 0 aliphatic carbocycles. The van der Waals surface area contributed by atoms with Gasteiger partial charge in [-0.15, -0.1) is 0 Å². The van der Waals surface area contributed by atoms with Gasteiger partial charge in [-0.25, -0.2) is 0 Å². The minimum atomic E-state index is -0.443. The Hall–Kier alpha value is -1.26. The molecule has 1 rings (SSSR count). The molecule has 0 unspecified atom stereocenters. The van der Waals surface area contributed by atoms with Crippen molar-refractivity contribution in [1.82, 2.24) is 5.32 Å². The first kappa shape index (κ1) is 16.8. The van der Waals surface area contributed by atoms with Crippen LogP contribution in [0.4, 0.5) is 5.69 Å². The van der Waals surface area contributed by atoms with Crippen molar-refractivity contribution in [1.29, 1.82) is 0 Å². The Morgan fingerprint density at radius 3 is 2.30 bits per heavy atom. The molecule has 0 bridgehead atoms.